The van der Waals surface area contributed by atoms with Crippen LogP contribution in [0.4, 0.5) is 11.4 Å². The number of hydrogen-bond acceptors (Lipinski definition) is 3. The van der Waals surface area contributed by atoms with Crippen LogP contribution in [-0.4, -0.2) is 12.6 Å². The summed E-state index contributed by atoms with van der Waals surface area (Å²) in [7, 11) is 0. The lowest BCUT2D eigenvalue weighted by Crippen LogP contribution is -2.39. The van der Waals surface area contributed by atoms with Crippen molar-refractivity contribution in [3.8, 4) is 6.07 Å². The van der Waals surface area contributed by atoms with Gasteiger partial charge in [0.05, 0.1) is 5.56 Å². The van der Waals surface area contributed by atoms with E-state index in [1.165, 1.54) is 19.3 Å². The van der Waals surface area contributed by atoms with Crippen LogP contribution in [0, 0.1) is 11.3 Å². The second kappa shape index (κ2) is 5.09. The number of nitrogens with zero attached hydrogens (tertiary/aromatic N) is 2. The second-order valence-electron chi connectivity index (χ2n) is 4.63. The molecule has 90 valence electrons. The van der Waals surface area contributed by atoms with E-state index in [0.717, 1.165) is 18.7 Å². The van der Waals surface area contributed by atoms with Gasteiger partial charge in [-0.2, -0.15) is 5.26 Å². The van der Waals surface area contributed by atoms with Crippen molar-refractivity contribution in [3.63, 3.8) is 0 Å². The summed E-state index contributed by atoms with van der Waals surface area (Å²) in [6.07, 6.45) is 4.97. The van der Waals surface area contributed by atoms with Crippen molar-refractivity contribution in [3.05, 3.63) is 23.8 Å². The molecule has 0 bridgehead atoms. The molecule has 1 fully saturated rings. The number of hydrogen-bond donors (Lipinski definition) is 1. The molecule has 0 saturated carbocycles. The van der Waals surface area contributed by atoms with E-state index >= 15 is 0 Å². The Labute approximate surface area is 103 Å². The molecule has 0 unspecified atom stereocenters. The first kappa shape index (κ1) is 11.8. The third kappa shape index (κ3) is 2.36. The molecule has 0 spiro atoms. The lowest BCUT2D eigenvalue weighted by molar-refractivity contribution is 0.450. The van der Waals surface area contributed by atoms with E-state index in [1.807, 2.05) is 18.2 Å². The Bertz CT molecular complexity index is 434. The molecule has 0 aliphatic carbocycles. The first-order chi connectivity index (χ1) is 8.26. The maximum absolute atomic E-state index is 9.02. The highest BCUT2D eigenvalue weighted by atomic mass is 15.2. The monoisotopic (exact) mass is 229 g/mol. The van der Waals surface area contributed by atoms with Gasteiger partial charge in [-0.05, 0) is 43.9 Å². The van der Waals surface area contributed by atoms with Crippen LogP contribution >= 0.6 is 0 Å². The number of anilines is 2. The third-order valence-electron chi connectivity index (χ3n) is 3.59. The summed E-state index contributed by atoms with van der Waals surface area (Å²) in [6, 6.07) is 8.56. The fourth-order valence-electron chi connectivity index (χ4n) is 2.58. The molecule has 2 N–H and O–H groups in total. The Morgan fingerprint density at radius 3 is 3.00 bits per heavy atom. The standard InChI is InChI=1S/C14H19N3/c1-2-12-5-3-4-8-17(12)13-6-7-14(16)11(9-13)10-15/h6-7,9,12H,2-5,8,16H2,1H3/t12-/m1/s1. The van der Waals surface area contributed by atoms with Crippen molar-refractivity contribution in [1.29, 1.82) is 5.26 Å². The smallest absolute Gasteiger partial charge is 0.101 e. The lowest BCUT2D eigenvalue weighted by atomic mass is 9.98. The van der Waals surface area contributed by atoms with Crippen molar-refractivity contribution in [1.82, 2.24) is 0 Å². The van der Waals surface area contributed by atoms with Crippen molar-refractivity contribution in [2.75, 3.05) is 17.2 Å². The summed E-state index contributed by atoms with van der Waals surface area (Å²) in [5.74, 6) is 0. The van der Waals surface area contributed by atoms with E-state index in [1.54, 1.807) is 0 Å². The summed E-state index contributed by atoms with van der Waals surface area (Å²) in [5.41, 5.74) is 8.05. The molecule has 1 saturated heterocycles. The van der Waals surface area contributed by atoms with Gasteiger partial charge in [0.1, 0.15) is 6.07 Å². The van der Waals surface area contributed by atoms with Crippen molar-refractivity contribution in [2.45, 2.75) is 38.6 Å². The molecule has 1 heterocycles. The Morgan fingerprint density at radius 2 is 2.29 bits per heavy atom. The minimum atomic E-state index is 0.571. The van der Waals surface area contributed by atoms with Crippen LogP contribution in [0.15, 0.2) is 18.2 Å². The van der Waals surface area contributed by atoms with Gasteiger partial charge >= 0.3 is 0 Å². The molecule has 2 rings (SSSR count). The molecule has 0 amide bonds. The minimum Gasteiger partial charge on any atom is -0.398 e. The number of benzene rings is 1. The first-order valence-corrected chi connectivity index (χ1v) is 6.32. The normalized spacial score (nSPS) is 20.0. The molecule has 3 nitrogen and oxygen atoms in total. The summed E-state index contributed by atoms with van der Waals surface area (Å²) in [4.78, 5) is 2.42. The van der Waals surface area contributed by atoms with E-state index in [0.29, 0.717) is 17.3 Å². The average molecular weight is 229 g/mol. The van der Waals surface area contributed by atoms with Crippen molar-refractivity contribution in [2.24, 2.45) is 0 Å². The Balaban J connectivity index is 2.29. The van der Waals surface area contributed by atoms with Crippen molar-refractivity contribution >= 4 is 11.4 Å². The minimum absolute atomic E-state index is 0.571. The zero-order valence-corrected chi connectivity index (χ0v) is 10.3. The summed E-state index contributed by atoms with van der Waals surface area (Å²) >= 11 is 0. The number of nitrogen functional groups attached to an aromatic ring is 1. The summed E-state index contributed by atoms with van der Waals surface area (Å²) < 4.78 is 0. The first-order valence-electron chi connectivity index (χ1n) is 6.32. The fraction of sp³-hybridized carbons (Fsp3) is 0.500. The lowest BCUT2D eigenvalue weighted by Gasteiger charge is -2.37. The van der Waals surface area contributed by atoms with E-state index in [9.17, 15) is 0 Å². The van der Waals surface area contributed by atoms with E-state index in [2.05, 4.69) is 17.9 Å². The number of rotatable bonds is 2. The highest BCUT2D eigenvalue weighted by Crippen LogP contribution is 2.28. The van der Waals surface area contributed by atoms with E-state index in [-0.39, 0.29) is 0 Å². The van der Waals surface area contributed by atoms with Gasteiger partial charge in [-0.15, -0.1) is 0 Å². The van der Waals surface area contributed by atoms with Crippen LogP contribution < -0.4 is 10.6 Å². The molecular weight excluding hydrogens is 210 g/mol. The van der Waals surface area contributed by atoms with Crippen LogP contribution in [0.3, 0.4) is 0 Å². The van der Waals surface area contributed by atoms with Gasteiger partial charge in [-0.1, -0.05) is 6.92 Å². The van der Waals surface area contributed by atoms with Gasteiger partial charge in [0.25, 0.3) is 0 Å². The molecule has 0 radical (unpaired) electrons. The highest BCUT2D eigenvalue weighted by molar-refractivity contribution is 5.63. The molecule has 1 aliphatic heterocycles. The largest absolute Gasteiger partial charge is 0.398 e. The SMILES string of the molecule is CC[C@@H]1CCCCN1c1ccc(N)c(C#N)c1. The number of nitrogens with two attached hydrogens (primary N) is 1. The average Bonchev–Trinajstić information content (AvgIpc) is 2.39. The van der Waals surface area contributed by atoms with Crippen LogP contribution in [0.1, 0.15) is 38.2 Å². The maximum Gasteiger partial charge on any atom is 0.101 e. The second-order valence-corrected chi connectivity index (χ2v) is 4.63. The third-order valence-corrected chi connectivity index (χ3v) is 3.59. The molecular formula is C14H19N3. The molecule has 1 atom stereocenters. The van der Waals surface area contributed by atoms with Gasteiger partial charge in [-0.25, -0.2) is 0 Å². The number of nitriles is 1. The molecule has 1 aliphatic rings. The summed E-state index contributed by atoms with van der Waals surface area (Å²) in [6.45, 7) is 3.32. The van der Waals surface area contributed by atoms with E-state index < -0.39 is 0 Å². The van der Waals surface area contributed by atoms with Gasteiger partial charge < -0.3 is 10.6 Å². The fourth-order valence-corrected chi connectivity index (χ4v) is 2.58. The van der Waals surface area contributed by atoms with E-state index in [4.69, 9.17) is 11.0 Å². The molecule has 1 aromatic carbocycles. The zero-order chi connectivity index (χ0) is 12.3. The predicted molar refractivity (Wildman–Crippen MR) is 70.8 cm³/mol. The van der Waals surface area contributed by atoms with Gasteiger partial charge in [0.2, 0.25) is 0 Å². The van der Waals surface area contributed by atoms with Crippen LogP contribution in [0.2, 0.25) is 0 Å². The van der Waals surface area contributed by atoms with Gasteiger partial charge in [-0.3, -0.25) is 0 Å². The number of piperidine rings is 1. The van der Waals surface area contributed by atoms with Crippen LogP contribution in [-0.2, 0) is 0 Å². The van der Waals surface area contributed by atoms with Crippen molar-refractivity contribution < 1.29 is 0 Å². The Kier molecular flexibility index (Phi) is 3.53. The Hall–Kier alpha value is -1.69. The summed E-state index contributed by atoms with van der Waals surface area (Å²) in [5, 5.41) is 9.02. The van der Waals surface area contributed by atoms with Gasteiger partial charge in [0.15, 0.2) is 0 Å². The van der Waals surface area contributed by atoms with Crippen LogP contribution in [0.5, 0.6) is 0 Å². The highest BCUT2D eigenvalue weighted by Gasteiger charge is 2.21. The zero-order valence-electron chi connectivity index (χ0n) is 10.3. The molecule has 1 aromatic rings. The van der Waals surface area contributed by atoms with Gasteiger partial charge in [0, 0.05) is 24.0 Å². The predicted octanol–water partition coefficient (Wildman–Crippen LogP) is 2.91. The quantitative estimate of drug-likeness (QED) is 0.793. The molecule has 17 heavy (non-hydrogen) atoms. The topological polar surface area (TPSA) is 53.0 Å². The molecule has 0 aromatic heterocycles. The maximum atomic E-state index is 9.02. The van der Waals surface area contributed by atoms with Crippen LogP contribution in [0.25, 0.3) is 0 Å². The Morgan fingerprint density at radius 1 is 1.47 bits per heavy atom. The molecule has 3 heteroatoms.